The molecule has 3 saturated heterocycles. The number of β-amino-alcohol motifs (C(OH)–C–C–N with tert-alkyl or cyclic N) is 1. The lowest BCUT2D eigenvalue weighted by molar-refractivity contribution is -0.148. The third-order valence-electron chi connectivity index (χ3n) is 14.4. The number of carbonyl (C=O) groups is 10. The number of carbonyl (C=O) groups excluding carboxylic acids is 9. The fourth-order valence-electron chi connectivity index (χ4n) is 10.2. The van der Waals surface area contributed by atoms with Crippen molar-refractivity contribution in [2.45, 2.75) is 158 Å². The van der Waals surface area contributed by atoms with E-state index in [1.54, 1.807) is 44.2 Å². The second-order valence-electron chi connectivity index (χ2n) is 21.7. The van der Waals surface area contributed by atoms with Crippen molar-refractivity contribution in [3.05, 3.63) is 35.9 Å². The minimum Gasteiger partial charge on any atom is -0.480 e. The second-order valence-corrected chi connectivity index (χ2v) is 21.7. The Bertz CT molecular complexity index is 2560. The standard InChI is InChI=1S/C53H87N19O13/c1-29(2)23-35(43(77)67-34(50(84)85)15-8-20-63-53(59)60)68-46(80)38-16-9-21-70(38)48(82)37(28-73)69-44(78)36(24-30-11-4-3-5-12-30)65-41(75)26-64-45(79)40-25-31(74)27-72(40)49(83)39-17-10-22-71(39)47(81)33(14-7-19-62-52(57)58)66-42(76)32(54)13-6-18-61-51(55)56/h3-5,11-12,29,31-40,73-74H,6-10,13-28,54H2,1-2H3,(H,64,79)(H,65,75)(H,66,76)(H,67,77)(H,68,80)(H,69,78)(H,84,85)(H4,55,56,61)(H4,57,58,62)(H4,59,60,63)/t31-,32-,33+,34+,35+,36+,37+,38+,39+,40+/m1/s1. The summed E-state index contributed by atoms with van der Waals surface area (Å²) in [5.74, 6) is -8.77. The molecule has 1 aromatic rings. The van der Waals surface area contributed by atoms with E-state index in [1.807, 2.05) is 0 Å². The molecule has 32 heteroatoms. The number of nitrogens with zero attached hydrogens (tertiary/aromatic N) is 6. The lowest BCUT2D eigenvalue weighted by Gasteiger charge is -2.33. The van der Waals surface area contributed by atoms with Gasteiger partial charge in [-0.25, -0.2) is 4.79 Å². The highest BCUT2D eigenvalue weighted by atomic mass is 16.4. The first kappa shape index (κ1) is 69.1. The van der Waals surface area contributed by atoms with E-state index >= 15 is 0 Å². The molecule has 0 radical (unpaired) electrons. The van der Waals surface area contributed by atoms with Crippen LogP contribution in [-0.4, -0.2) is 220 Å². The highest BCUT2D eigenvalue weighted by molar-refractivity contribution is 5.98. The smallest absolute Gasteiger partial charge is 0.326 e. The number of hydrogen-bond acceptors (Lipinski definition) is 16. The van der Waals surface area contributed by atoms with Gasteiger partial charge in [0.15, 0.2) is 17.9 Å². The number of nitrogens with one attached hydrogen (secondary N) is 6. The van der Waals surface area contributed by atoms with Crippen LogP contribution in [0.25, 0.3) is 0 Å². The number of aliphatic carboxylic acids is 1. The summed E-state index contributed by atoms with van der Waals surface area (Å²) >= 11 is 0. The highest BCUT2D eigenvalue weighted by Crippen LogP contribution is 2.27. The Balaban J connectivity index is 1.43. The fraction of sp³-hybridized carbons (Fsp3) is 0.642. The molecule has 3 aliphatic rings. The number of hydrogen-bond donors (Lipinski definition) is 16. The van der Waals surface area contributed by atoms with Gasteiger partial charge in [0, 0.05) is 52.1 Å². The first-order valence-corrected chi connectivity index (χ1v) is 28.5. The van der Waals surface area contributed by atoms with Crippen molar-refractivity contribution in [3.8, 4) is 0 Å². The molecule has 9 amide bonds. The van der Waals surface area contributed by atoms with Crippen LogP contribution in [0.5, 0.6) is 0 Å². The summed E-state index contributed by atoms with van der Waals surface area (Å²) < 4.78 is 0. The van der Waals surface area contributed by atoms with Gasteiger partial charge in [0.25, 0.3) is 0 Å². The summed E-state index contributed by atoms with van der Waals surface area (Å²) in [5.41, 5.74) is 39.1. The third kappa shape index (κ3) is 22.3. The van der Waals surface area contributed by atoms with Crippen LogP contribution < -0.4 is 72.0 Å². The van der Waals surface area contributed by atoms with Crippen LogP contribution in [0.3, 0.4) is 0 Å². The molecule has 0 saturated carbocycles. The Morgan fingerprint density at radius 3 is 1.69 bits per heavy atom. The number of nitrogens with two attached hydrogens (primary N) is 7. The van der Waals surface area contributed by atoms with E-state index in [0.29, 0.717) is 24.8 Å². The number of guanidine groups is 3. The van der Waals surface area contributed by atoms with Crippen molar-refractivity contribution in [2.24, 2.45) is 61.0 Å². The SMILES string of the molecule is CC(C)C[C@H](NC(=O)[C@@H]1CCCN1C(=O)[C@H](CO)NC(=O)[C@H](Cc1ccccc1)NC(=O)CNC(=O)[C@@H]1C[C@@H](O)CN1C(=O)[C@@H]1CCCN1C(=O)[C@H](CCCN=C(N)N)NC(=O)[C@H](N)CCCN=C(N)N)C(=O)N[C@@H](CCCN=C(N)N)C(=O)O. The Labute approximate surface area is 492 Å². The maximum Gasteiger partial charge on any atom is 0.326 e. The molecule has 0 aliphatic carbocycles. The van der Waals surface area contributed by atoms with E-state index in [2.05, 4.69) is 46.9 Å². The van der Waals surface area contributed by atoms with Crippen molar-refractivity contribution in [1.29, 1.82) is 0 Å². The molecule has 472 valence electrons. The Kier molecular flexibility index (Phi) is 28.0. The van der Waals surface area contributed by atoms with Gasteiger partial charge in [-0.2, -0.15) is 0 Å². The molecule has 4 rings (SSSR count). The molecule has 0 aromatic heterocycles. The van der Waals surface area contributed by atoms with Gasteiger partial charge < -0.3 is 102 Å². The van der Waals surface area contributed by atoms with Gasteiger partial charge in [-0.1, -0.05) is 44.2 Å². The third-order valence-corrected chi connectivity index (χ3v) is 14.4. The molecule has 85 heavy (non-hydrogen) atoms. The van der Waals surface area contributed by atoms with E-state index < -0.39 is 133 Å². The van der Waals surface area contributed by atoms with Crippen LogP contribution >= 0.6 is 0 Å². The number of benzene rings is 1. The number of aliphatic imine (C=N–C) groups is 3. The summed E-state index contributed by atoms with van der Waals surface area (Å²) in [6.07, 6.45) is 0.759. The van der Waals surface area contributed by atoms with Crippen molar-refractivity contribution >= 4 is 77.0 Å². The topological polar surface area (TPSA) is 533 Å². The van der Waals surface area contributed by atoms with E-state index in [4.69, 9.17) is 40.1 Å². The summed E-state index contributed by atoms with van der Waals surface area (Å²) in [4.78, 5) is 152. The molecule has 1 aromatic carbocycles. The monoisotopic (exact) mass is 1200 g/mol. The maximum absolute atomic E-state index is 14.4. The Hall–Kier alpha value is -8.39. The Morgan fingerprint density at radius 2 is 1.13 bits per heavy atom. The molecular weight excluding hydrogens is 1110 g/mol. The van der Waals surface area contributed by atoms with Crippen LogP contribution in [0.15, 0.2) is 45.3 Å². The fourth-order valence-corrected chi connectivity index (χ4v) is 10.2. The number of carboxylic acid groups (broad SMARTS) is 1. The van der Waals surface area contributed by atoms with Gasteiger partial charge >= 0.3 is 5.97 Å². The van der Waals surface area contributed by atoms with Gasteiger partial charge in [0.1, 0.15) is 48.3 Å². The van der Waals surface area contributed by atoms with Crippen molar-refractivity contribution in [3.63, 3.8) is 0 Å². The lowest BCUT2D eigenvalue weighted by Crippen LogP contribution is -2.60. The zero-order chi connectivity index (χ0) is 62.9. The number of likely N-dealkylation sites (tertiary alicyclic amines) is 3. The van der Waals surface area contributed by atoms with Gasteiger partial charge in [0.05, 0.1) is 25.3 Å². The molecule has 23 N–H and O–H groups in total. The molecule has 32 nitrogen and oxygen atoms in total. The van der Waals surface area contributed by atoms with Crippen LogP contribution in [-0.2, 0) is 54.4 Å². The number of aliphatic hydroxyl groups excluding tert-OH is 2. The largest absolute Gasteiger partial charge is 0.480 e. The summed E-state index contributed by atoms with van der Waals surface area (Å²) in [6.45, 7) is 2.28. The zero-order valence-electron chi connectivity index (χ0n) is 48.2. The molecular formula is C53H87N19O13. The number of carboxylic acids is 1. The first-order valence-electron chi connectivity index (χ1n) is 28.5. The van der Waals surface area contributed by atoms with E-state index in [-0.39, 0.29) is 127 Å². The minimum absolute atomic E-state index is 0.0178. The zero-order valence-corrected chi connectivity index (χ0v) is 48.2. The minimum atomic E-state index is -1.62. The van der Waals surface area contributed by atoms with Crippen molar-refractivity contribution in [1.82, 2.24) is 46.6 Å². The van der Waals surface area contributed by atoms with Gasteiger partial charge in [-0.3, -0.25) is 58.1 Å². The predicted octanol–water partition coefficient (Wildman–Crippen LogP) is -6.68. The van der Waals surface area contributed by atoms with E-state index in [1.165, 1.54) is 4.90 Å². The average molecular weight is 1200 g/mol. The first-order chi connectivity index (χ1) is 40.3. The molecule has 0 bridgehead atoms. The van der Waals surface area contributed by atoms with Gasteiger partial charge in [-0.15, -0.1) is 0 Å². The van der Waals surface area contributed by atoms with Crippen LogP contribution in [0.2, 0.25) is 0 Å². The molecule has 3 aliphatic heterocycles. The molecule has 3 fully saturated rings. The van der Waals surface area contributed by atoms with Gasteiger partial charge in [0.2, 0.25) is 53.2 Å². The number of aliphatic hydroxyl groups is 2. The number of rotatable bonds is 33. The summed E-state index contributed by atoms with van der Waals surface area (Å²) in [5, 5.41) is 46.5. The summed E-state index contributed by atoms with van der Waals surface area (Å²) in [7, 11) is 0. The van der Waals surface area contributed by atoms with E-state index in [0.717, 1.165) is 9.80 Å². The van der Waals surface area contributed by atoms with Crippen molar-refractivity contribution in [2.75, 3.05) is 52.4 Å². The lowest BCUT2D eigenvalue weighted by atomic mass is 10.0. The molecule has 3 heterocycles. The average Bonchev–Trinajstić information content (AvgIpc) is 4.16. The van der Waals surface area contributed by atoms with Crippen LogP contribution in [0.4, 0.5) is 0 Å². The van der Waals surface area contributed by atoms with Gasteiger partial charge in [-0.05, 0) is 82.1 Å². The summed E-state index contributed by atoms with van der Waals surface area (Å²) in [6, 6.07) is -2.82. The van der Waals surface area contributed by atoms with E-state index in [9.17, 15) is 63.3 Å². The quantitative estimate of drug-likeness (QED) is 0.0177. The molecule has 0 unspecified atom stereocenters. The normalized spacial score (nSPS) is 19.4. The van der Waals surface area contributed by atoms with Crippen LogP contribution in [0, 0.1) is 5.92 Å². The maximum atomic E-state index is 14.4. The highest BCUT2D eigenvalue weighted by Gasteiger charge is 2.46. The van der Waals surface area contributed by atoms with Crippen molar-refractivity contribution < 1.29 is 63.3 Å². The molecule has 10 atom stereocenters. The van der Waals surface area contributed by atoms with Crippen LogP contribution in [0.1, 0.15) is 96.5 Å². The second kappa shape index (κ2) is 34.4. The molecule has 0 spiro atoms. The predicted molar refractivity (Wildman–Crippen MR) is 310 cm³/mol. The Morgan fingerprint density at radius 1 is 0.612 bits per heavy atom. The number of amides is 9.